The predicted octanol–water partition coefficient (Wildman–Crippen LogP) is 1.78. The van der Waals surface area contributed by atoms with E-state index in [9.17, 15) is 0 Å². The molecule has 0 unspecified atom stereocenters. The average molecular weight is 199 g/mol. The largest absolute Gasteiger partial charge is 0.473 e. The second kappa shape index (κ2) is 14.2. The van der Waals surface area contributed by atoms with Gasteiger partial charge in [0.05, 0.1) is 18.6 Å². The molecule has 4 heteroatoms. The molecule has 0 atom stereocenters. The first kappa shape index (κ1) is 15.2. The zero-order chi connectivity index (χ0) is 9.78. The first-order valence-electron chi connectivity index (χ1n) is 4.27. The molecule has 2 N–H and O–H groups in total. The van der Waals surface area contributed by atoms with Crippen molar-refractivity contribution in [2.45, 2.75) is 19.8 Å². The van der Waals surface area contributed by atoms with Crippen LogP contribution in [0.2, 0.25) is 0 Å². The van der Waals surface area contributed by atoms with E-state index in [1.807, 2.05) is 12.1 Å². The van der Waals surface area contributed by atoms with Crippen LogP contribution in [0.1, 0.15) is 19.8 Å². The summed E-state index contributed by atoms with van der Waals surface area (Å²) in [5.41, 5.74) is 0. The molecule has 14 heavy (non-hydrogen) atoms. The summed E-state index contributed by atoms with van der Waals surface area (Å²) >= 11 is 0. The van der Waals surface area contributed by atoms with Gasteiger partial charge in [0.15, 0.2) is 0 Å². The SMILES string of the molecule is C1CCOC1.CC#N.O.c1ccoc1. The van der Waals surface area contributed by atoms with Gasteiger partial charge in [-0.1, -0.05) is 0 Å². The molecule has 1 aromatic heterocycles. The second-order valence-electron chi connectivity index (χ2n) is 2.34. The van der Waals surface area contributed by atoms with Gasteiger partial charge < -0.3 is 14.6 Å². The van der Waals surface area contributed by atoms with E-state index in [2.05, 4.69) is 4.42 Å². The lowest BCUT2D eigenvalue weighted by Gasteiger charge is -1.76. The van der Waals surface area contributed by atoms with Gasteiger partial charge in [-0.25, -0.2) is 0 Å². The first-order chi connectivity index (χ1) is 6.41. The minimum absolute atomic E-state index is 0. The van der Waals surface area contributed by atoms with Crippen LogP contribution in [0.5, 0.6) is 0 Å². The number of nitrogens with zero attached hydrogens (tertiary/aromatic N) is 1. The molecule has 0 saturated carbocycles. The molecule has 4 nitrogen and oxygen atoms in total. The maximum Gasteiger partial charge on any atom is 0.0902 e. The lowest BCUT2D eigenvalue weighted by Crippen LogP contribution is -1.74. The summed E-state index contributed by atoms with van der Waals surface area (Å²) < 4.78 is 9.53. The Morgan fingerprint density at radius 1 is 1.14 bits per heavy atom. The van der Waals surface area contributed by atoms with Crippen LogP contribution >= 0.6 is 0 Å². The summed E-state index contributed by atoms with van der Waals surface area (Å²) in [7, 11) is 0. The van der Waals surface area contributed by atoms with Crippen molar-refractivity contribution in [3.05, 3.63) is 24.7 Å². The summed E-state index contributed by atoms with van der Waals surface area (Å²) in [5.74, 6) is 0. The van der Waals surface area contributed by atoms with E-state index in [4.69, 9.17) is 10.00 Å². The van der Waals surface area contributed by atoms with Crippen LogP contribution in [-0.2, 0) is 4.74 Å². The Labute approximate surface area is 84.4 Å². The normalized spacial score (nSPS) is 12.0. The fraction of sp³-hybridized carbons (Fsp3) is 0.500. The van der Waals surface area contributed by atoms with Gasteiger partial charge >= 0.3 is 0 Å². The van der Waals surface area contributed by atoms with E-state index in [0.717, 1.165) is 13.2 Å². The fourth-order valence-electron chi connectivity index (χ4n) is 0.737. The molecule has 1 aromatic rings. The number of ether oxygens (including phenoxy) is 1. The van der Waals surface area contributed by atoms with Crippen LogP contribution in [0.3, 0.4) is 0 Å². The fourth-order valence-corrected chi connectivity index (χ4v) is 0.737. The molecule has 1 aliphatic heterocycles. The van der Waals surface area contributed by atoms with Gasteiger partial charge in [-0.3, -0.25) is 0 Å². The Morgan fingerprint density at radius 2 is 1.57 bits per heavy atom. The molecule has 1 fully saturated rings. The molecule has 2 heterocycles. The number of hydrogen-bond donors (Lipinski definition) is 0. The molecule has 0 radical (unpaired) electrons. The second-order valence-corrected chi connectivity index (χ2v) is 2.34. The molecule has 80 valence electrons. The smallest absolute Gasteiger partial charge is 0.0902 e. The molecule has 0 spiro atoms. The Morgan fingerprint density at radius 3 is 1.71 bits per heavy atom. The molecule has 0 amide bonds. The summed E-state index contributed by atoms with van der Waals surface area (Å²) in [6.07, 6.45) is 5.81. The highest BCUT2D eigenvalue weighted by Gasteiger charge is 1.94. The van der Waals surface area contributed by atoms with Crippen molar-refractivity contribution in [3.8, 4) is 6.07 Å². The lowest BCUT2D eigenvalue weighted by molar-refractivity contribution is 0.198. The molecule has 0 aliphatic carbocycles. The van der Waals surface area contributed by atoms with Gasteiger partial charge in [-0.2, -0.15) is 5.26 Å². The Bertz CT molecular complexity index is 175. The monoisotopic (exact) mass is 199 g/mol. The number of hydrogen-bond acceptors (Lipinski definition) is 3. The average Bonchev–Trinajstić information content (AvgIpc) is 2.85. The number of rotatable bonds is 0. The van der Waals surface area contributed by atoms with Crippen molar-refractivity contribution in [2.75, 3.05) is 13.2 Å². The zero-order valence-electron chi connectivity index (χ0n) is 8.40. The Hall–Kier alpha value is -1.31. The molecule has 0 aromatic carbocycles. The lowest BCUT2D eigenvalue weighted by atomic mass is 10.4. The zero-order valence-corrected chi connectivity index (χ0v) is 8.40. The molecule has 2 rings (SSSR count). The molecular weight excluding hydrogens is 182 g/mol. The van der Waals surface area contributed by atoms with E-state index in [1.165, 1.54) is 19.8 Å². The third-order valence-electron chi connectivity index (χ3n) is 1.25. The van der Waals surface area contributed by atoms with Crippen molar-refractivity contribution in [1.82, 2.24) is 0 Å². The molecular formula is C10H17NO3. The van der Waals surface area contributed by atoms with Gasteiger partial charge in [-0.05, 0) is 25.0 Å². The third-order valence-corrected chi connectivity index (χ3v) is 1.25. The first-order valence-corrected chi connectivity index (χ1v) is 4.27. The van der Waals surface area contributed by atoms with E-state index in [-0.39, 0.29) is 5.48 Å². The van der Waals surface area contributed by atoms with E-state index in [0.29, 0.717) is 0 Å². The minimum atomic E-state index is 0. The van der Waals surface area contributed by atoms with Crippen molar-refractivity contribution in [1.29, 1.82) is 5.26 Å². The van der Waals surface area contributed by atoms with Gasteiger partial charge in [0, 0.05) is 20.1 Å². The van der Waals surface area contributed by atoms with Crippen LogP contribution < -0.4 is 0 Å². The van der Waals surface area contributed by atoms with Gasteiger partial charge in [0.2, 0.25) is 0 Å². The van der Waals surface area contributed by atoms with Crippen molar-refractivity contribution in [2.24, 2.45) is 0 Å². The highest BCUT2D eigenvalue weighted by Crippen LogP contribution is 1.98. The topological polar surface area (TPSA) is 77.7 Å². The quantitative estimate of drug-likeness (QED) is 0.638. The van der Waals surface area contributed by atoms with Crippen molar-refractivity contribution < 1.29 is 14.6 Å². The van der Waals surface area contributed by atoms with Gasteiger partial charge in [0.1, 0.15) is 0 Å². The maximum absolute atomic E-state index is 7.32. The highest BCUT2D eigenvalue weighted by atomic mass is 16.5. The molecule has 0 bridgehead atoms. The molecule has 1 aliphatic rings. The minimum Gasteiger partial charge on any atom is -0.473 e. The van der Waals surface area contributed by atoms with Crippen LogP contribution in [0.4, 0.5) is 0 Å². The van der Waals surface area contributed by atoms with Gasteiger partial charge in [0.25, 0.3) is 0 Å². The van der Waals surface area contributed by atoms with E-state index in [1.54, 1.807) is 18.6 Å². The Balaban J connectivity index is 0. The summed E-state index contributed by atoms with van der Waals surface area (Å²) in [6, 6.07) is 5.42. The highest BCUT2D eigenvalue weighted by molar-refractivity contribution is 4.79. The standard InChI is InChI=1S/C4H8O.C4H4O.C2H3N.H2O/c2*1-2-4-5-3-1;1-2-3;/h1-4H2;1-4H;1H3;1H2. The Kier molecular flexibility index (Phi) is 15.4. The molecule has 1 saturated heterocycles. The van der Waals surface area contributed by atoms with Crippen molar-refractivity contribution >= 4 is 0 Å². The predicted molar refractivity (Wildman–Crippen MR) is 53.7 cm³/mol. The maximum atomic E-state index is 7.32. The van der Waals surface area contributed by atoms with Gasteiger partial charge in [-0.15, -0.1) is 0 Å². The number of furan rings is 1. The van der Waals surface area contributed by atoms with Crippen LogP contribution in [0.25, 0.3) is 0 Å². The summed E-state index contributed by atoms with van der Waals surface area (Å²) in [5, 5.41) is 7.32. The van der Waals surface area contributed by atoms with Crippen molar-refractivity contribution in [3.63, 3.8) is 0 Å². The van der Waals surface area contributed by atoms with Crippen LogP contribution in [0, 0.1) is 11.3 Å². The summed E-state index contributed by atoms with van der Waals surface area (Å²) in [6.45, 7) is 3.43. The summed E-state index contributed by atoms with van der Waals surface area (Å²) in [4.78, 5) is 0. The van der Waals surface area contributed by atoms with Crippen LogP contribution in [-0.4, -0.2) is 18.7 Å². The third kappa shape index (κ3) is 13.3. The number of nitriles is 1. The van der Waals surface area contributed by atoms with E-state index >= 15 is 0 Å². The van der Waals surface area contributed by atoms with Crippen LogP contribution in [0.15, 0.2) is 29.1 Å². The van der Waals surface area contributed by atoms with E-state index < -0.39 is 0 Å².